The molecule has 0 atom stereocenters. The molecule has 0 spiro atoms. The Morgan fingerprint density at radius 1 is 1.56 bits per heavy atom. The summed E-state index contributed by atoms with van der Waals surface area (Å²) in [6.07, 6.45) is 1.45. The summed E-state index contributed by atoms with van der Waals surface area (Å²) >= 11 is 0. The van der Waals surface area contributed by atoms with E-state index in [1.165, 1.54) is 24.1 Å². The predicted molar refractivity (Wildman–Crippen MR) is 59.0 cm³/mol. The SMILES string of the molecule is COC(=O)C(C)(C)Cn1cnc(C)cc1=O. The first-order valence-corrected chi connectivity index (χ1v) is 4.98. The largest absolute Gasteiger partial charge is 0.469 e. The normalized spacial score (nSPS) is 11.2. The van der Waals surface area contributed by atoms with Gasteiger partial charge in [-0.05, 0) is 20.8 Å². The molecular weight excluding hydrogens is 208 g/mol. The standard InChI is InChI=1S/C11H16N2O3/c1-8-5-9(14)13(7-12-8)6-11(2,3)10(15)16-4/h5,7H,6H2,1-4H3. The Balaban J connectivity index is 2.97. The first-order chi connectivity index (χ1) is 7.36. The lowest BCUT2D eigenvalue weighted by molar-refractivity contribution is -0.151. The summed E-state index contributed by atoms with van der Waals surface area (Å²) in [6.45, 7) is 5.46. The van der Waals surface area contributed by atoms with E-state index in [1.54, 1.807) is 20.8 Å². The van der Waals surface area contributed by atoms with Gasteiger partial charge in [-0.2, -0.15) is 0 Å². The average Bonchev–Trinajstić information content (AvgIpc) is 2.21. The highest BCUT2D eigenvalue weighted by molar-refractivity contribution is 5.75. The molecule has 0 aliphatic carbocycles. The molecule has 1 rings (SSSR count). The number of methoxy groups -OCH3 is 1. The molecular formula is C11H16N2O3. The molecule has 1 heterocycles. The second kappa shape index (κ2) is 4.47. The van der Waals surface area contributed by atoms with Crippen molar-refractivity contribution in [2.75, 3.05) is 7.11 Å². The molecule has 0 saturated heterocycles. The van der Waals surface area contributed by atoms with Crippen LogP contribution in [0.4, 0.5) is 0 Å². The van der Waals surface area contributed by atoms with E-state index >= 15 is 0 Å². The topological polar surface area (TPSA) is 61.2 Å². The number of nitrogens with zero attached hydrogens (tertiary/aromatic N) is 2. The van der Waals surface area contributed by atoms with Gasteiger partial charge < -0.3 is 4.74 Å². The zero-order chi connectivity index (χ0) is 12.3. The molecule has 88 valence electrons. The van der Waals surface area contributed by atoms with Gasteiger partial charge in [0.25, 0.3) is 5.56 Å². The van der Waals surface area contributed by atoms with Crippen LogP contribution in [0, 0.1) is 12.3 Å². The van der Waals surface area contributed by atoms with Crippen molar-refractivity contribution in [1.29, 1.82) is 0 Å². The molecule has 5 heteroatoms. The third kappa shape index (κ3) is 2.68. The van der Waals surface area contributed by atoms with Crippen molar-refractivity contribution < 1.29 is 9.53 Å². The number of carbonyl (C=O) groups is 1. The van der Waals surface area contributed by atoms with Gasteiger partial charge in [0.1, 0.15) is 0 Å². The van der Waals surface area contributed by atoms with E-state index < -0.39 is 5.41 Å². The van der Waals surface area contributed by atoms with Crippen LogP contribution < -0.4 is 5.56 Å². The van der Waals surface area contributed by atoms with Crippen LogP contribution in [0.5, 0.6) is 0 Å². The quantitative estimate of drug-likeness (QED) is 0.711. The second-order valence-corrected chi connectivity index (χ2v) is 4.37. The predicted octanol–water partition coefficient (Wildman–Crippen LogP) is 0.751. The van der Waals surface area contributed by atoms with Gasteiger partial charge in [0.15, 0.2) is 0 Å². The van der Waals surface area contributed by atoms with Crippen LogP contribution >= 0.6 is 0 Å². The minimum Gasteiger partial charge on any atom is -0.469 e. The lowest BCUT2D eigenvalue weighted by Crippen LogP contribution is -2.34. The molecule has 5 nitrogen and oxygen atoms in total. The molecule has 0 unspecified atom stereocenters. The number of hydrogen-bond acceptors (Lipinski definition) is 4. The van der Waals surface area contributed by atoms with E-state index in [-0.39, 0.29) is 18.1 Å². The summed E-state index contributed by atoms with van der Waals surface area (Å²) in [5, 5.41) is 0. The van der Waals surface area contributed by atoms with Crippen LogP contribution in [0.2, 0.25) is 0 Å². The van der Waals surface area contributed by atoms with Crippen molar-refractivity contribution >= 4 is 5.97 Å². The number of carbonyl (C=O) groups excluding carboxylic acids is 1. The molecule has 0 saturated carbocycles. The van der Waals surface area contributed by atoms with Crippen molar-refractivity contribution in [1.82, 2.24) is 9.55 Å². The van der Waals surface area contributed by atoms with Gasteiger partial charge in [-0.1, -0.05) is 0 Å². The highest BCUT2D eigenvalue weighted by Crippen LogP contribution is 2.18. The maximum atomic E-state index is 11.6. The van der Waals surface area contributed by atoms with E-state index in [2.05, 4.69) is 9.72 Å². The second-order valence-electron chi connectivity index (χ2n) is 4.37. The van der Waals surface area contributed by atoms with Gasteiger partial charge in [-0.15, -0.1) is 0 Å². The summed E-state index contributed by atoms with van der Waals surface area (Å²) in [4.78, 5) is 27.1. The molecule has 0 radical (unpaired) electrons. The van der Waals surface area contributed by atoms with Crippen LogP contribution in [-0.2, 0) is 16.1 Å². The fraction of sp³-hybridized carbons (Fsp3) is 0.545. The van der Waals surface area contributed by atoms with Crippen LogP contribution in [0.15, 0.2) is 17.2 Å². The number of rotatable bonds is 3. The monoisotopic (exact) mass is 224 g/mol. The molecule has 0 aromatic carbocycles. The minimum absolute atomic E-state index is 0.163. The van der Waals surface area contributed by atoms with Gasteiger partial charge in [0, 0.05) is 18.3 Å². The van der Waals surface area contributed by atoms with E-state index in [9.17, 15) is 9.59 Å². The van der Waals surface area contributed by atoms with Crippen LogP contribution in [-0.4, -0.2) is 22.6 Å². The summed E-state index contributed by atoms with van der Waals surface area (Å²) in [6, 6.07) is 1.44. The molecule has 1 aromatic heterocycles. The number of ether oxygens (including phenoxy) is 1. The average molecular weight is 224 g/mol. The third-order valence-electron chi connectivity index (χ3n) is 2.32. The Labute approximate surface area is 94.1 Å². The molecule has 0 fully saturated rings. The van der Waals surface area contributed by atoms with E-state index in [0.717, 1.165) is 0 Å². The van der Waals surface area contributed by atoms with Gasteiger partial charge in [0.05, 0.1) is 18.9 Å². The zero-order valence-corrected chi connectivity index (χ0v) is 9.98. The smallest absolute Gasteiger partial charge is 0.313 e. The van der Waals surface area contributed by atoms with E-state index in [1.807, 2.05) is 0 Å². The van der Waals surface area contributed by atoms with Crippen molar-refractivity contribution in [2.24, 2.45) is 5.41 Å². The molecule has 0 aliphatic rings. The van der Waals surface area contributed by atoms with Crippen LogP contribution in [0.25, 0.3) is 0 Å². The third-order valence-corrected chi connectivity index (χ3v) is 2.32. The van der Waals surface area contributed by atoms with Crippen LogP contribution in [0.3, 0.4) is 0 Å². The van der Waals surface area contributed by atoms with Gasteiger partial charge >= 0.3 is 5.97 Å². The van der Waals surface area contributed by atoms with Crippen LogP contribution in [0.1, 0.15) is 19.5 Å². The first-order valence-electron chi connectivity index (χ1n) is 4.98. The molecule has 1 aromatic rings. The number of aromatic nitrogens is 2. The Morgan fingerprint density at radius 3 is 2.69 bits per heavy atom. The summed E-state index contributed by atoms with van der Waals surface area (Å²) in [7, 11) is 1.33. The van der Waals surface area contributed by atoms with Crippen molar-refractivity contribution in [3.8, 4) is 0 Å². The molecule has 0 N–H and O–H groups in total. The van der Waals surface area contributed by atoms with E-state index in [4.69, 9.17) is 0 Å². The van der Waals surface area contributed by atoms with Gasteiger partial charge in [-0.3, -0.25) is 14.2 Å². The maximum Gasteiger partial charge on any atom is 0.313 e. The Kier molecular flexibility index (Phi) is 3.47. The van der Waals surface area contributed by atoms with Crippen molar-refractivity contribution in [3.63, 3.8) is 0 Å². The Bertz CT molecular complexity index is 449. The van der Waals surface area contributed by atoms with Crippen molar-refractivity contribution in [3.05, 3.63) is 28.4 Å². The summed E-state index contributed by atoms with van der Waals surface area (Å²) < 4.78 is 6.08. The minimum atomic E-state index is -0.741. The molecule has 0 aliphatic heterocycles. The summed E-state index contributed by atoms with van der Waals surface area (Å²) in [5.74, 6) is -0.347. The maximum absolute atomic E-state index is 11.6. The van der Waals surface area contributed by atoms with Gasteiger partial charge in [-0.25, -0.2) is 4.98 Å². The number of esters is 1. The lowest BCUT2D eigenvalue weighted by atomic mass is 9.93. The fourth-order valence-corrected chi connectivity index (χ4v) is 1.40. The summed E-state index contributed by atoms with van der Waals surface area (Å²) in [5.41, 5.74) is -0.239. The number of hydrogen-bond donors (Lipinski definition) is 0. The first kappa shape index (κ1) is 12.4. The zero-order valence-electron chi connectivity index (χ0n) is 9.98. The molecule has 16 heavy (non-hydrogen) atoms. The molecule has 0 amide bonds. The number of aryl methyl sites for hydroxylation is 1. The van der Waals surface area contributed by atoms with E-state index in [0.29, 0.717) is 5.69 Å². The highest BCUT2D eigenvalue weighted by Gasteiger charge is 2.29. The lowest BCUT2D eigenvalue weighted by Gasteiger charge is -2.22. The van der Waals surface area contributed by atoms with Crippen molar-refractivity contribution in [2.45, 2.75) is 27.3 Å². The Morgan fingerprint density at radius 2 is 2.19 bits per heavy atom. The molecule has 0 bridgehead atoms. The Hall–Kier alpha value is -1.65. The van der Waals surface area contributed by atoms with Gasteiger partial charge in [0.2, 0.25) is 0 Å². The fourth-order valence-electron chi connectivity index (χ4n) is 1.40. The highest BCUT2D eigenvalue weighted by atomic mass is 16.5.